The number of fused-ring (bicyclic) bond motifs is 1. The number of ketones is 1. The largest absolute Gasteiger partial charge is 0.368 e. The van der Waals surface area contributed by atoms with E-state index in [4.69, 9.17) is 5.73 Å². The maximum atomic E-state index is 12.7. The molecule has 2 N–H and O–H groups in total. The summed E-state index contributed by atoms with van der Waals surface area (Å²) in [4.78, 5) is 21.2. The van der Waals surface area contributed by atoms with Gasteiger partial charge in [-0.3, -0.25) is 4.79 Å². The molecule has 0 spiro atoms. The van der Waals surface area contributed by atoms with Crippen molar-refractivity contribution in [3.05, 3.63) is 88.2 Å². The number of Topliss-reactive ketones (excluding diaryl/α,β-unsaturated/α-hetero) is 1. The minimum Gasteiger partial charge on any atom is -0.368 e. The smallest absolute Gasteiger partial charge is 0.220 e. The Morgan fingerprint density at radius 1 is 0.963 bits per heavy atom. The van der Waals surface area contributed by atoms with Crippen LogP contribution in [0.4, 0.5) is 5.95 Å². The van der Waals surface area contributed by atoms with E-state index in [1.807, 2.05) is 55.5 Å². The zero-order valence-corrected chi connectivity index (χ0v) is 15.1. The Morgan fingerprint density at radius 2 is 1.70 bits per heavy atom. The lowest BCUT2D eigenvalue weighted by Gasteiger charge is -2.25. The number of nitrogen functional groups attached to an aromatic ring is 1. The molecule has 0 fully saturated rings. The summed E-state index contributed by atoms with van der Waals surface area (Å²) in [6.45, 7) is 1.81. The van der Waals surface area contributed by atoms with Gasteiger partial charge in [0.25, 0.3) is 0 Å². The second kappa shape index (κ2) is 7.05. The van der Waals surface area contributed by atoms with Crippen LogP contribution in [0.25, 0.3) is 0 Å². The molecule has 0 aliphatic heterocycles. The lowest BCUT2D eigenvalue weighted by molar-refractivity contribution is 0.0962. The number of hydrogen-bond acceptors (Lipinski definition) is 4. The van der Waals surface area contributed by atoms with Gasteiger partial charge in [-0.25, -0.2) is 9.97 Å². The van der Waals surface area contributed by atoms with Crippen molar-refractivity contribution in [2.75, 3.05) is 5.73 Å². The summed E-state index contributed by atoms with van der Waals surface area (Å²) in [6, 6.07) is 17.9. The number of nitrogens with zero attached hydrogens (tertiary/aromatic N) is 2. The monoisotopic (exact) mass is 353 g/mol. The third-order valence-corrected chi connectivity index (χ3v) is 4.85. The quantitative estimate of drug-likeness (QED) is 0.678. The molecule has 1 unspecified atom stereocenters. The average Bonchev–Trinajstić information content (AvgIpc) is 2.66. The van der Waals surface area contributed by atoms with Crippen molar-refractivity contribution in [2.45, 2.75) is 25.7 Å². The molecule has 0 saturated heterocycles. The molecule has 27 heavy (non-hydrogen) atoms. The molecule has 132 valence electrons. The van der Waals surface area contributed by atoms with E-state index < -0.39 is 0 Å². The first-order valence-electron chi connectivity index (χ1n) is 8.94. The third kappa shape index (κ3) is 3.45. The second-order valence-electron chi connectivity index (χ2n) is 6.72. The molecular weight excluding hydrogens is 334 g/mol. The van der Waals surface area contributed by atoms with Gasteiger partial charge in [0.15, 0.2) is 5.78 Å². The molecule has 4 heteroatoms. The molecule has 1 heterocycles. The van der Waals surface area contributed by atoms with Crippen LogP contribution in [0.3, 0.4) is 0 Å². The van der Waals surface area contributed by atoms with Crippen LogP contribution in [0.15, 0.2) is 54.6 Å². The van der Waals surface area contributed by atoms with Gasteiger partial charge in [0, 0.05) is 17.5 Å². The molecule has 0 bridgehead atoms. The Morgan fingerprint density at radius 3 is 2.52 bits per heavy atom. The lowest BCUT2D eigenvalue weighted by atomic mass is 9.79. The first-order chi connectivity index (χ1) is 13.1. The molecule has 2 aromatic carbocycles. The number of aromatic nitrogens is 2. The third-order valence-electron chi connectivity index (χ3n) is 4.85. The Hall–Kier alpha value is -3.45. The predicted octanol–water partition coefficient (Wildman–Crippen LogP) is 3.68. The summed E-state index contributed by atoms with van der Waals surface area (Å²) < 4.78 is 0. The van der Waals surface area contributed by atoms with Crippen molar-refractivity contribution in [3.63, 3.8) is 0 Å². The van der Waals surface area contributed by atoms with Crippen LogP contribution in [0.2, 0.25) is 0 Å². The van der Waals surface area contributed by atoms with Gasteiger partial charge in [0.1, 0.15) is 0 Å². The highest BCUT2D eigenvalue weighted by molar-refractivity contribution is 5.99. The van der Waals surface area contributed by atoms with Crippen LogP contribution in [-0.4, -0.2) is 15.8 Å². The zero-order valence-electron chi connectivity index (χ0n) is 15.1. The molecular formula is C23H19N3O. The number of benzene rings is 2. The van der Waals surface area contributed by atoms with Crippen LogP contribution in [0.1, 0.15) is 50.8 Å². The first-order valence-corrected chi connectivity index (χ1v) is 8.94. The fourth-order valence-corrected chi connectivity index (χ4v) is 3.65. The van der Waals surface area contributed by atoms with Crippen molar-refractivity contribution >= 4 is 11.7 Å². The summed E-state index contributed by atoms with van der Waals surface area (Å²) in [5.74, 6) is 6.81. The molecule has 3 aromatic rings. The van der Waals surface area contributed by atoms with Crippen molar-refractivity contribution < 1.29 is 4.79 Å². The molecule has 1 aliphatic carbocycles. The van der Waals surface area contributed by atoms with Gasteiger partial charge in [0.05, 0.1) is 17.0 Å². The number of carbonyl (C=O) groups is 1. The predicted molar refractivity (Wildman–Crippen MR) is 105 cm³/mol. The highest BCUT2D eigenvalue weighted by Gasteiger charge is 2.30. The number of anilines is 1. The summed E-state index contributed by atoms with van der Waals surface area (Å²) in [7, 11) is 0. The van der Waals surface area contributed by atoms with Gasteiger partial charge in [-0.05, 0) is 43.0 Å². The molecule has 1 aromatic heterocycles. The highest BCUT2D eigenvalue weighted by Crippen LogP contribution is 2.34. The van der Waals surface area contributed by atoms with E-state index in [1.54, 1.807) is 0 Å². The van der Waals surface area contributed by atoms with E-state index in [0.29, 0.717) is 24.1 Å². The zero-order chi connectivity index (χ0) is 18.8. The van der Waals surface area contributed by atoms with Crippen molar-refractivity contribution in [1.29, 1.82) is 0 Å². The normalized spacial score (nSPS) is 15.6. The van der Waals surface area contributed by atoms with E-state index in [0.717, 1.165) is 22.4 Å². The van der Waals surface area contributed by atoms with E-state index in [9.17, 15) is 4.79 Å². The van der Waals surface area contributed by atoms with Crippen molar-refractivity contribution in [2.24, 2.45) is 0 Å². The van der Waals surface area contributed by atoms with E-state index >= 15 is 0 Å². The number of rotatable bonds is 1. The van der Waals surface area contributed by atoms with Gasteiger partial charge < -0.3 is 5.73 Å². The maximum Gasteiger partial charge on any atom is 0.220 e. The van der Waals surface area contributed by atoms with Crippen LogP contribution in [-0.2, 0) is 6.42 Å². The highest BCUT2D eigenvalue weighted by atomic mass is 16.1. The van der Waals surface area contributed by atoms with Crippen LogP contribution in [0.5, 0.6) is 0 Å². The summed E-state index contributed by atoms with van der Waals surface area (Å²) in [5, 5.41) is 0. The number of nitrogens with two attached hydrogens (primary N) is 1. The van der Waals surface area contributed by atoms with Crippen LogP contribution in [0, 0.1) is 18.8 Å². The van der Waals surface area contributed by atoms with Gasteiger partial charge in [-0.15, -0.1) is 0 Å². The Labute approximate surface area is 158 Å². The van der Waals surface area contributed by atoms with E-state index in [2.05, 4.69) is 27.9 Å². The SMILES string of the molecule is Cc1nc(N)nc2c1C(=O)CC(c1ccccc1C#Cc1ccccc1)C2. The molecule has 4 nitrogen and oxygen atoms in total. The molecule has 1 atom stereocenters. The van der Waals surface area contributed by atoms with E-state index in [-0.39, 0.29) is 17.6 Å². The first kappa shape index (κ1) is 17.0. The molecule has 4 rings (SSSR count). The van der Waals surface area contributed by atoms with Gasteiger partial charge >= 0.3 is 0 Å². The standard InChI is InChI=1S/C23H19N3O/c1-15-22-20(26-23(24)25-15)13-18(14-21(22)27)19-10-6-5-9-17(19)12-11-16-7-3-2-4-8-16/h2-10,18H,13-14H2,1H3,(H2,24,25,26). The Balaban J connectivity index is 1.71. The van der Waals surface area contributed by atoms with Gasteiger partial charge in [-0.1, -0.05) is 48.2 Å². The molecule has 0 saturated carbocycles. The number of aryl methyl sites for hydroxylation is 1. The fraction of sp³-hybridized carbons (Fsp3) is 0.174. The summed E-state index contributed by atoms with van der Waals surface area (Å²) in [5.41, 5.74) is 10.8. The second-order valence-corrected chi connectivity index (χ2v) is 6.72. The van der Waals surface area contributed by atoms with Crippen molar-refractivity contribution in [3.8, 4) is 11.8 Å². The van der Waals surface area contributed by atoms with Crippen LogP contribution < -0.4 is 5.73 Å². The Bertz CT molecular complexity index is 1080. The van der Waals surface area contributed by atoms with Gasteiger partial charge in [0.2, 0.25) is 5.95 Å². The molecule has 1 aliphatic rings. The average molecular weight is 353 g/mol. The van der Waals surface area contributed by atoms with E-state index in [1.165, 1.54) is 0 Å². The number of carbonyl (C=O) groups excluding carboxylic acids is 1. The maximum absolute atomic E-state index is 12.7. The molecule has 0 amide bonds. The van der Waals surface area contributed by atoms with Gasteiger partial charge in [-0.2, -0.15) is 0 Å². The molecule has 0 radical (unpaired) electrons. The lowest BCUT2D eigenvalue weighted by Crippen LogP contribution is -2.23. The minimum atomic E-state index is 0.0416. The summed E-state index contributed by atoms with van der Waals surface area (Å²) in [6.07, 6.45) is 1.10. The topological polar surface area (TPSA) is 68.9 Å². The fourth-order valence-electron chi connectivity index (χ4n) is 3.65. The van der Waals surface area contributed by atoms with Crippen molar-refractivity contribution in [1.82, 2.24) is 9.97 Å². The van der Waals surface area contributed by atoms with Crippen LogP contribution >= 0.6 is 0 Å². The Kier molecular flexibility index (Phi) is 4.43. The number of hydrogen-bond donors (Lipinski definition) is 1. The summed E-state index contributed by atoms with van der Waals surface area (Å²) >= 11 is 0. The minimum absolute atomic E-state index is 0.0416.